The summed E-state index contributed by atoms with van der Waals surface area (Å²) in [5.41, 5.74) is 2.50. The number of nitrogens with zero attached hydrogens (tertiary/aromatic N) is 4. The highest BCUT2D eigenvalue weighted by atomic mass is 32.2. The SMILES string of the molecule is COc1cccc(-c2noc(-c3cc(N4CCSCC4)nc4ccccc34)n2)c1OC. The molecule has 0 spiro atoms. The van der Waals surface area contributed by atoms with E-state index < -0.39 is 0 Å². The van der Waals surface area contributed by atoms with E-state index in [9.17, 15) is 0 Å². The smallest absolute Gasteiger partial charge is 0.259 e. The van der Waals surface area contributed by atoms with Gasteiger partial charge in [0.25, 0.3) is 5.89 Å². The lowest BCUT2D eigenvalue weighted by Crippen LogP contribution is -2.33. The molecular weight excluding hydrogens is 412 g/mol. The average Bonchev–Trinajstić information content (AvgIpc) is 3.33. The van der Waals surface area contributed by atoms with E-state index in [2.05, 4.69) is 16.1 Å². The molecule has 31 heavy (non-hydrogen) atoms. The van der Waals surface area contributed by atoms with Gasteiger partial charge < -0.3 is 18.9 Å². The molecule has 0 amide bonds. The molecule has 158 valence electrons. The highest BCUT2D eigenvalue weighted by Gasteiger charge is 2.21. The minimum Gasteiger partial charge on any atom is -0.493 e. The van der Waals surface area contributed by atoms with Crippen LogP contribution in [0, 0.1) is 0 Å². The molecule has 0 unspecified atom stereocenters. The Kier molecular flexibility index (Phi) is 5.38. The number of ether oxygens (including phenoxy) is 2. The molecule has 0 radical (unpaired) electrons. The molecular formula is C23H22N4O3S. The summed E-state index contributed by atoms with van der Waals surface area (Å²) in [5, 5.41) is 5.21. The number of methoxy groups -OCH3 is 2. The molecule has 1 fully saturated rings. The van der Waals surface area contributed by atoms with Crippen molar-refractivity contribution in [2.24, 2.45) is 0 Å². The number of pyridine rings is 1. The highest BCUT2D eigenvalue weighted by molar-refractivity contribution is 7.99. The molecule has 0 aliphatic carbocycles. The van der Waals surface area contributed by atoms with Crippen molar-refractivity contribution in [1.82, 2.24) is 15.1 Å². The first kappa shape index (κ1) is 19.7. The van der Waals surface area contributed by atoms with Gasteiger partial charge in [0.1, 0.15) is 5.82 Å². The van der Waals surface area contributed by atoms with Gasteiger partial charge in [0, 0.05) is 30.0 Å². The van der Waals surface area contributed by atoms with Crippen LogP contribution in [0.4, 0.5) is 5.82 Å². The number of fused-ring (bicyclic) bond motifs is 1. The lowest BCUT2D eigenvalue weighted by atomic mass is 10.1. The van der Waals surface area contributed by atoms with Gasteiger partial charge in [-0.25, -0.2) is 4.98 Å². The quantitative estimate of drug-likeness (QED) is 0.454. The van der Waals surface area contributed by atoms with Crippen LogP contribution in [0.5, 0.6) is 11.5 Å². The Bertz CT molecular complexity index is 1220. The average molecular weight is 435 g/mol. The lowest BCUT2D eigenvalue weighted by Gasteiger charge is -2.28. The third-order valence-corrected chi connectivity index (χ3v) is 6.28. The Labute approximate surface area is 184 Å². The minimum absolute atomic E-state index is 0.447. The van der Waals surface area contributed by atoms with Crippen LogP contribution in [-0.2, 0) is 0 Å². The first-order valence-electron chi connectivity index (χ1n) is 10.1. The minimum atomic E-state index is 0.447. The Morgan fingerprint density at radius 3 is 2.58 bits per heavy atom. The van der Waals surface area contributed by atoms with Crippen molar-refractivity contribution in [3.05, 3.63) is 48.5 Å². The van der Waals surface area contributed by atoms with Gasteiger partial charge >= 0.3 is 0 Å². The summed E-state index contributed by atoms with van der Waals surface area (Å²) in [6.45, 7) is 1.96. The maximum absolute atomic E-state index is 5.72. The molecule has 8 heteroatoms. The summed E-state index contributed by atoms with van der Waals surface area (Å²) in [6.07, 6.45) is 0. The highest BCUT2D eigenvalue weighted by Crippen LogP contribution is 2.38. The van der Waals surface area contributed by atoms with Crippen molar-refractivity contribution < 1.29 is 14.0 Å². The molecule has 0 bridgehead atoms. The zero-order chi connectivity index (χ0) is 21.2. The van der Waals surface area contributed by atoms with Gasteiger partial charge in [0.2, 0.25) is 5.82 Å². The van der Waals surface area contributed by atoms with E-state index in [0.29, 0.717) is 28.8 Å². The molecule has 0 N–H and O–H groups in total. The molecule has 0 atom stereocenters. The van der Waals surface area contributed by atoms with Gasteiger partial charge in [-0.2, -0.15) is 16.7 Å². The van der Waals surface area contributed by atoms with E-state index >= 15 is 0 Å². The van der Waals surface area contributed by atoms with Crippen molar-refractivity contribution >= 4 is 28.5 Å². The summed E-state index contributed by atoms with van der Waals surface area (Å²) in [4.78, 5) is 11.9. The zero-order valence-corrected chi connectivity index (χ0v) is 18.2. The largest absolute Gasteiger partial charge is 0.493 e. The van der Waals surface area contributed by atoms with E-state index in [1.807, 2.05) is 54.2 Å². The molecule has 0 saturated carbocycles. The van der Waals surface area contributed by atoms with E-state index in [4.69, 9.17) is 24.0 Å². The van der Waals surface area contributed by atoms with Gasteiger partial charge in [-0.1, -0.05) is 29.4 Å². The summed E-state index contributed by atoms with van der Waals surface area (Å²) in [6, 6.07) is 15.7. The lowest BCUT2D eigenvalue weighted by molar-refractivity contribution is 0.355. The van der Waals surface area contributed by atoms with Crippen molar-refractivity contribution in [2.75, 3.05) is 43.7 Å². The van der Waals surface area contributed by atoms with Crippen LogP contribution < -0.4 is 14.4 Å². The fraction of sp³-hybridized carbons (Fsp3) is 0.261. The third kappa shape index (κ3) is 3.67. The van der Waals surface area contributed by atoms with Crippen molar-refractivity contribution in [3.63, 3.8) is 0 Å². The van der Waals surface area contributed by atoms with Crippen molar-refractivity contribution in [3.8, 4) is 34.3 Å². The molecule has 2 aromatic heterocycles. The number of aromatic nitrogens is 3. The standard InChI is InChI=1S/C23H22N4O3S/c1-28-19-9-5-7-16(21(19)29-2)22-25-23(30-26-22)17-14-20(27-10-12-31-13-11-27)24-18-8-4-3-6-15(17)18/h3-9,14H,10-13H2,1-2H3. The van der Waals surface area contributed by atoms with Gasteiger partial charge in [-0.15, -0.1) is 0 Å². The number of para-hydroxylation sites is 2. The Balaban J connectivity index is 1.62. The van der Waals surface area contributed by atoms with Gasteiger partial charge in [0.15, 0.2) is 11.5 Å². The topological polar surface area (TPSA) is 73.5 Å². The second kappa shape index (κ2) is 8.47. The Hall–Kier alpha value is -3.26. The van der Waals surface area contributed by atoms with E-state index in [1.165, 1.54) is 0 Å². The summed E-state index contributed by atoms with van der Waals surface area (Å²) < 4.78 is 16.7. The first-order chi connectivity index (χ1) is 15.3. The predicted molar refractivity (Wildman–Crippen MR) is 123 cm³/mol. The molecule has 7 nitrogen and oxygen atoms in total. The number of hydrogen-bond donors (Lipinski definition) is 0. The van der Waals surface area contributed by atoms with Crippen LogP contribution in [0.2, 0.25) is 0 Å². The molecule has 1 aliphatic heterocycles. The third-order valence-electron chi connectivity index (χ3n) is 5.34. The molecule has 2 aromatic carbocycles. The van der Waals surface area contributed by atoms with Crippen LogP contribution in [0.3, 0.4) is 0 Å². The Morgan fingerprint density at radius 1 is 0.935 bits per heavy atom. The van der Waals surface area contributed by atoms with Crippen molar-refractivity contribution in [2.45, 2.75) is 0 Å². The van der Waals surface area contributed by atoms with Gasteiger partial charge in [-0.05, 0) is 24.3 Å². The van der Waals surface area contributed by atoms with Crippen LogP contribution in [0.15, 0.2) is 53.1 Å². The fourth-order valence-electron chi connectivity index (χ4n) is 3.80. The van der Waals surface area contributed by atoms with Crippen LogP contribution in [0.25, 0.3) is 33.7 Å². The molecule has 4 aromatic rings. The maximum Gasteiger partial charge on any atom is 0.259 e. The number of thioether (sulfide) groups is 1. The summed E-state index contributed by atoms with van der Waals surface area (Å²) >= 11 is 1.97. The van der Waals surface area contributed by atoms with Gasteiger partial charge in [-0.3, -0.25) is 0 Å². The normalized spacial score (nSPS) is 14.1. The van der Waals surface area contributed by atoms with E-state index in [1.54, 1.807) is 14.2 Å². The Morgan fingerprint density at radius 2 is 1.77 bits per heavy atom. The summed E-state index contributed by atoms with van der Waals surface area (Å²) in [5.74, 6) is 5.23. The zero-order valence-electron chi connectivity index (χ0n) is 17.4. The van der Waals surface area contributed by atoms with Gasteiger partial charge in [0.05, 0.1) is 30.9 Å². The number of hydrogen-bond acceptors (Lipinski definition) is 8. The van der Waals surface area contributed by atoms with Crippen LogP contribution in [-0.4, -0.2) is 53.9 Å². The maximum atomic E-state index is 5.72. The second-order valence-electron chi connectivity index (χ2n) is 7.11. The molecule has 3 heterocycles. The van der Waals surface area contributed by atoms with Crippen LogP contribution >= 0.6 is 11.8 Å². The number of benzene rings is 2. The number of anilines is 1. The second-order valence-corrected chi connectivity index (χ2v) is 8.33. The van der Waals surface area contributed by atoms with Crippen LogP contribution in [0.1, 0.15) is 0 Å². The van der Waals surface area contributed by atoms with Crippen molar-refractivity contribution in [1.29, 1.82) is 0 Å². The van der Waals surface area contributed by atoms with E-state index in [-0.39, 0.29) is 0 Å². The molecule has 1 aliphatic rings. The molecule has 5 rings (SSSR count). The monoisotopic (exact) mass is 434 g/mol. The first-order valence-corrected chi connectivity index (χ1v) is 11.2. The summed E-state index contributed by atoms with van der Waals surface area (Å²) in [7, 11) is 3.20. The van der Waals surface area contributed by atoms with E-state index in [0.717, 1.165) is 46.9 Å². The number of rotatable bonds is 5. The predicted octanol–water partition coefficient (Wildman–Crippen LogP) is 4.52. The molecule has 1 saturated heterocycles. The fourth-order valence-corrected chi connectivity index (χ4v) is 4.70.